The summed E-state index contributed by atoms with van der Waals surface area (Å²) in [5.74, 6) is -3.27. The maximum absolute atomic E-state index is 13.2. The second-order valence-electron chi connectivity index (χ2n) is 8.58. The number of nitrogens with one attached hydrogen (secondary N) is 1. The van der Waals surface area contributed by atoms with E-state index in [2.05, 4.69) is 15.5 Å². The molecule has 2 aliphatic heterocycles. The molecule has 5 rings (SSSR count). The summed E-state index contributed by atoms with van der Waals surface area (Å²) in [5, 5.41) is 19.7. The number of thiazole rings is 1. The normalized spacial score (nSPS) is 18.8. The zero-order valence-corrected chi connectivity index (χ0v) is 22.9. The summed E-state index contributed by atoms with van der Waals surface area (Å²) < 4.78 is 8.55. The van der Waals surface area contributed by atoms with Gasteiger partial charge in [0.2, 0.25) is 0 Å². The van der Waals surface area contributed by atoms with Gasteiger partial charge in [-0.25, -0.2) is 18.7 Å². The number of hydrogen-bond acceptors (Lipinski definition) is 12. The first-order valence-corrected chi connectivity index (χ1v) is 13.9. The number of rotatable bonds is 9. The van der Waals surface area contributed by atoms with Crippen molar-refractivity contribution in [1.82, 2.24) is 19.8 Å². The molecule has 16 heteroatoms. The van der Waals surface area contributed by atoms with Gasteiger partial charge in [0.05, 0.1) is 24.5 Å². The van der Waals surface area contributed by atoms with Crippen LogP contribution in [0.2, 0.25) is 0 Å². The number of imidazole rings is 1. The number of carboxylic acids is 1. The van der Waals surface area contributed by atoms with Gasteiger partial charge in [0.25, 0.3) is 23.2 Å². The maximum atomic E-state index is 13.2. The predicted molar refractivity (Wildman–Crippen MR) is 141 cm³/mol. The molecule has 40 heavy (non-hydrogen) atoms. The highest BCUT2D eigenvalue weighted by atomic mass is 32.2. The number of β-lactam (4-membered cyclic amide) rings is 1. The fraction of sp³-hybridized carbons (Fsp3) is 0.292. The standard InChI is InChI=1S/C24H23N7O7S2/c1-3-38-23(36)14-9-29-7-5-4-6-15(29)30(14)8-12-10-39-21-17(20(33)31(21)18(12)22(34)35)27-19(32)16(28-37-2)13-11-40-24(25)26-13/h4-7,9,11,17,21H,3,8,10H2,1-2H3,(H3-,25,26,27,32,34,35)/b28-16-/t17-,21+/m1/s1. The number of nitrogen functional groups attached to an aromatic ring is 1. The van der Waals surface area contributed by atoms with E-state index in [4.69, 9.17) is 15.3 Å². The third-order valence-electron chi connectivity index (χ3n) is 6.22. The van der Waals surface area contributed by atoms with E-state index < -0.39 is 35.2 Å². The zero-order chi connectivity index (χ0) is 28.6. The van der Waals surface area contributed by atoms with E-state index in [1.807, 2.05) is 0 Å². The predicted octanol–water partition coefficient (Wildman–Crippen LogP) is -1.10. The maximum Gasteiger partial charge on any atom is 0.382 e. The monoisotopic (exact) mass is 585 g/mol. The lowest BCUT2D eigenvalue weighted by atomic mass is 10.0. The number of ether oxygens (including phenoxy) is 1. The van der Waals surface area contributed by atoms with E-state index in [0.29, 0.717) is 11.2 Å². The Balaban J connectivity index is 1.42. The highest BCUT2D eigenvalue weighted by Crippen LogP contribution is 2.40. The van der Waals surface area contributed by atoms with E-state index >= 15 is 0 Å². The van der Waals surface area contributed by atoms with Crippen molar-refractivity contribution in [2.45, 2.75) is 24.9 Å². The van der Waals surface area contributed by atoms with Gasteiger partial charge < -0.3 is 30.5 Å². The van der Waals surface area contributed by atoms with Gasteiger partial charge in [-0.05, 0) is 13.0 Å². The highest BCUT2D eigenvalue weighted by Gasteiger charge is 2.53. The number of amides is 2. The molecule has 1 saturated heterocycles. The largest absolute Gasteiger partial charge is 0.543 e. The minimum atomic E-state index is -1.54. The second-order valence-corrected chi connectivity index (χ2v) is 10.6. The zero-order valence-electron chi connectivity index (χ0n) is 21.2. The number of oxime groups is 1. The van der Waals surface area contributed by atoms with Crippen molar-refractivity contribution in [3.05, 3.63) is 58.6 Å². The number of anilines is 1. The summed E-state index contributed by atoms with van der Waals surface area (Å²) in [6, 6.07) is 4.33. The SMILES string of the molecule is CCOC(=O)c1c[n+]2ccccc2n1CC1=C(C(=O)[O-])N2C(=O)[C@@H](NC(=O)/C(=N\OC)c3csc(N)n3)[C@@H]2SC1. The van der Waals surface area contributed by atoms with Crippen LogP contribution in [0.4, 0.5) is 5.13 Å². The minimum absolute atomic E-state index is 0.00556. The van der Waals surface area contributed by atoms with E-state index in [9.17, 15) is 24.3 Å². The van der Waals surface area contributed by atoms with Crippen molar-refractivity contribution in [3.8, 4) is 0 Å². The molecule has 208 valence electrons. The van der Waals surface area contributed by atoms with Gasteiger partial charge in [-0.15, -0.1) is 23.1 Å². The van der Waals surface area contributed by atoms with Crippen LogP contribution in [0, 0.1) is 0 Å². The number of nitrogens with two attached hydrogens (primary N) is 1. The molecule has 3 aromatic heterocycles. The summed E-state index contributed by atoms with van der Waals surface area (Å²) in [6.07, 6.45) is 3.35. The number of hydrogen-bond donors (Lipinski definition) is 2. The average molecular weight is 586 g/mol. The van der Waals surface area contributed by atoms with Crippen LogP contribution in [0.15, 0.2) is 52.4 Å². The number of carbonyl (C=O) groups is 4. The Morgan fingerprint density at radius 2 is 2.15 bits per heavy atom. The number of fused-ring (bicyclic) bond motifs is 2. The quantitative estimate of drug-likeness (QED) is 0.103. The van der Waals surface area contributed by atoms with Crippen LogP contribution in [0.5, 0.6) is 0 Å². The molecule has 2 amide bonds. The number of pyridine rings is 1. The molecule has 14 nitrogen and oxygen atoms in total. The summed E-state index contributed by atoms with van der Waals surface area (Å²) in [4.78, 5) is 61.0. The molecule has 0 bridgehead atoms. The van der Waals surface area contributed by atoms with Crippen molar-refractivity contribution in [1.29, 1.82) is 0 Å². The molecule has 2 aliphatic rings. The van der Waals surface area contributed by atoms with Crippen LogP contribution >= 0.6 is 23.1 Å². The molecule has 0 unspecified atom stereocenters. The van der Waals surface area contributed by atoms with Crippen molar-refractivity contribution in [2.75, 3.05) is 25.2 Å². The van der Waals surface area contributed by atoms with Crippen molar-refractivity contribution >= 4 is 63.3 Å². The summed E-state index contributed by atoms with van der Waals surface area (Å²) >= 11 is 2.38. The molecule has 3 aromatic rings. The molecule has 0 aliphatic carbocycles. The number of aliphatic carboxylic acids is 1. The molecule has 3 N–H and O–H groups in total. The Hall–Kier alpha value is -4.44. The van der Waals surface area contributed by atoms with Gasteiger partial charge in [0.15, 0.2) is 17.0 Å². The van der Waals surface area contributed by atoms with E-state index in [-0.39, 0.29) is 46.8 Å². The molecule has 0 saturated carbocycles. The number of carboxylic acid groups (broad SMARTS) is 1. The van der Waals surface area contributed by atoms with E-state index in [0.717, 1.165) is 16.2 Å². The van der Waals surface area contributed by atoms with Crippen molar-refractivity contribution < 1.29 is 38.3 Å². The van der Waals surface area contributed by atoms with Crippen LogP contribution < -0.4 is 20.6 Å². The molecule has 0 aromatic carbocycles. The number of esters is 1. The van der Waals surface area contributed by atoms with E-state index in [1.54, 1.807) is 46.5 Å². The van der Waals surface area contributed by atoms with Gasteiger partial charge in [-0.2, -0.15) is 0 Å². The molecular formula is C24H23N7O7S2. The van der Waals surface area contributed by atoms with Gasteiger partial charge in [0, 0.05) is 22.8 Å². The molecular weight excluding hydrogens is 562 g/mol. The molecule has 0 radical (unpaired) electrons. The second kappa shape index (κ2) is 11.0. The summed E-state index contributed by atoms with van der Waals surface area (Å²) in [6.45, 7) is 1.85. The summed E-state index contributed by atoms with van der Waals surface area (Å²) in [7, 11) is 1.26. The third kappa shape index (κ3) is 4.75. The van der Waals surface area contributed by atoms with Gasteiger partial charge in [-0.1, -0.05) is 11.2 Å². The topological polar surface area (TPSA) is 185 Å². The fourth-order valence-corrected chi connectivity index (χ4v) is 6.41. The third-order valence-corrected chi connectivity index (χ3v) is 8.23. The Bertz CT molecular complexity index is 1590. The average Bonchev–Trinajstić information content (AvgIpc) is 3.53. The Morgan fingerprint density at radius 1 is 1.35 bits per heavy atom. The van der Waals surface area contributed by atoms with Gasteiger partial charge >= 0.3 is 5.97 Å². The lowest BCUT2D eigenvalue weighted by Gasteiger charge is -2.50. The van der Waals surface area contributed by atoms with Crippen LogP contribution in [0.25, 0.3) is 5.65 Å². The van der Waals surface area contributed by atoms with Crippen LogP contribution in [-0.2, 0) is 30.5 Å². The lowest BCUT2D eigenvalue weighted by molar-refractivity contribution is -0.510. The molecule has 5 heterocycles. The van der Waals surface area contributed by atoms with Crippen molar-refractivity contribution in [2.24, 2.45) is 5.16 Å². The van der Waals surface area contributed by atoms with Crippen molar-refractivity contribution in [3.63, 3.8) is 0 Å². The van der Waals surface area contributed by atoms with Crippen LogP contribution in [0.1, 0.15) is 23.1 Å². The first-order chi connectivity index (χ1) is 19.2. The lowest BCUT2D eigenvalue weighted by Crippen LogP contribution is -2.71. The van der Waals surface area contributed by atoms with Gasteiger partial charge in [-0.3, -0.25) is 14.5 Å². The molecule has 0 spiro atoms. The van der Waals surface area contributed by atoms with Crippen LogP contribution in [0.3, 0.4) is 0 Å². The number of thioether (sulfide) groups is 1. The smallest absolute Gasteiger partial charge is 0.382 e. The Labute approximate surface area is 235 Å². The minimum Gasteiger partial charge on any atom is -0.543 e. The fourth-order valence-electron chi connectivity index (χ4n) is 4.53. The van der Waals surface area contributed by atoms with E-state index in [1.165, 1.54) is 24.3 Å². The first-order valence-electron chi connectivity index (χ1n) is 11.9. The number of nitrogens with zero attached hydrogens (tertiary/aromatic N) is 5. The first kappa shape index (κ1) is 27.1. The molecule has 1 fully saturated rings. The number of aromatic nitrogens is 3. The molecule has 2 atom stereocenters. The summed E-state index contributed by atoms with van der Waals surface area (Å²) in [5.41, 5.74) is 6.57. The Kier molecular flexibility index (Phi) is 7.44. The van der Waals surface area contributed by atoms with Crippen LogP contribution in [-0.4, -0.2) is 74.8 Å². The van der Waals surface area contributed by atoms with Gasteiger partial charge in [0.1, 0.15) is 30.8 Å². The highest BCUT2D eigenvalue weighted by molar-refractivity contribution is 8.00. The number of carbonyl (C=O) groups excluding carboxylic acids is 4. The Morgan fingerprint density at radius 3 is 2.83 bits per heavy atom.